The molecule has 68 valence electrons. The summed E-state index contributed by atoms with van der Waals surface area (Å²) in [5, 5.41) is 0. The summed E-state index contributed by atoms with van der Waals surface area (Å²) in [4.78, 5) is 0. The van der Waals surface area contributed by atoms with E-state index in [0.717, 1.165) is 12.8 Å². The molecule has 0 aromatic carbocycles. The predicted octanol–water partition coefficient (Wildman–Crippen LogP) is 2.76. The number of hydrogen-bond acceptors (Lipinski definition) is 0. The summed E-state index contributed by atoms with van der Waals surface area (Å²) in [5.41, 5.74) is 0. The molecule has 0 fully saturated rings. The van der Waals surface area contributed by atoms with Gasteiger partial charge in [0.15, 0.2) is 0 Å². The fraction of sp³-hybridized carbons (Fsp3) is 0.200. The Morgan fingerprint density at radius 2 is 0.769 bits per heavy atom. The maximum atomic E-state index is 2.12. The number of allylic oxidation sites excluding steroid dienone is 8. The van der Waals surface area contributed by atoms with Crippen molar-refractivity contribution in [2.75, 3.05) is 0 Å². The molecule has 2 aliphatic rings. The molecule has 0 atom stereocenters. The van der Waals surface area contributed by atoms with E-state index in [1.54, 1.807) is 0 Å². The zero-order chi connectivity index (χ0) is 7.07. The zero-order valence-corrected chi connectivity index (χ0v) is 8.91. The number of hydrogen-bond donors (Lipinski definition) is 0. The topological polar surface area (TPSA) is 57.0 Å². The second-order valence-electron chi connectivity index (χ2n) is 2.18. The largest absolute Gasteiger partial charge is 4.00 e. The minimum absolute atomic E-state index is 0. The van der Waals surface area contributed by atoms with Crippen LogP contribution in [0.15, 0.2) is 48.6 Å². The molecule has 2 aliphatic carbocycles. The molecule has 2 rings (SSSR count). The Morgan fingerprint density at radius 1 is 0.538 bits per heavy atom. The second kappa shape index (κ2) is 14.1. The van der Waals surface area contributed by atoms with Crippen LogP contribution in [0.3, 0.4) is 0 Å². The fourth-order valence-electron chi connectivity index (χ4n) is 0.786. The molecule has 2 nitrogen and oxygen atoms in total. The third-order valence-corrected chi connectivity index (χ3v) is 1.31. The Hall–Kier alpha value is -0.406. The maximum Gasteiger partial charge on any atom is 4.00 e. The Labute approximate surface area is 94.2 Å². The summed E-state index contributed by atoms with van der Waals surface area (Å²) in [6, 6.07) is 0. The molecule has 0 radical (unpaired) electrons. The van der Waals surface area contributed by atoms with Crippen LogP contribution in [0.5, 0.6) is 0 Å². The summed E-state index contributed by atoms with van der Waals surface area (Å²) < 4.78 is 0. The molecule has 0 saturated carbocycles. The molecule has 0 N–H and O–H groups in total. The van der Waals surface area contributed by atoms with Gasteiger partial charge in [0.2, 0.25) is 0 Å². The van der Waals surface area contributed by atoms with Gasteiger partial charge in [-0.25, -0.2) is 0 Å². The molecule has 0 bridgehead atoms. The Morgan fingerprint density at radius 3 is 0.846 bits per heavy atom. The molecule has 0 aliphatic heterocycles. The van der Waals surface area contributed by atoms with Crippen LogP contribution in [-0.2, 0) is 32.7 Å². The Bertz CT molecular complexity index is 151. The van der Waals surface area contributed by atoms with Gasteiger partial charge in [-0.1, -0.05) is 48.6 Å². The van der Waals surface area contributed by atoms with Crippen LogP contribution in [0.25, 0.3) is 0 Å². The van der Waals surface area contributed by atoms with E-state index >= 15 is 0 Å². The predicted molar refractivity (Wildman–Crippen MR) is 47.2 cm³/mol. The zero-order valence-electron chi connectivity index (χ0n) is 7.35. The molecule has 0 heterocycles. The molecular weight excluding hydrogens is 200 g/mol. The van der Waals surface area contributed by atoms with Crippen molar-refractivity contribution in [2.24, 2.45) is 0 Å². The van der Waals surface area contributed by atoms with Crippen molar-refractivity contribution in [3.8, 4) is 0 Å². The van der Waals surface area contributed by atoms with Gasteiger partial charge in [-0.15, -0.1) is 0 Å². The molecule has 3 heteroatoms. The van der Waals surface area contributed by atoms with Gasteiger partial charge in [0.05, 0.1) is 0 Å². The molecule has 0 saturated heterocycles. The van der Waals surface area contributed by atoms with E-state index < -0.39 is 0 Å². The van der Waals surface area contributed by atoms with Crippen molar-refractivity contribution in [3.05, 3.63) is 48.6 Å². The van der Waals surface area contributed by atoms with Gasteiger partial charge in [-0.05, 0) is 12.8 Å². The average molecular weight is 212 g/mol. The van der Waals surface area contributed by atoms with Crippen molar-refractivity contribution in [1.82, 2.24) is 0 Å². The van der Waals surface area contributed by atoms with Gasteiger partial charge in [0.1, 0.15) is 0 Å². The third-order valence-electron chi connectivity index (χ3n) is 1.31. The van der Waals surface area contributed by atoms with Crippen LogP contribution in [0.1, 0.15) is 12.8 Å². The van der Waals surface area contributed by atoms with E-state index in [1.165, 1.54) is 0 Å². The van der Waals surface area contributed by atoms with E-state index in [9.17, 15) is 0 Å². The second-order valence-corrected chi connectivity index (χ2v) is 2.18. The maximum absolute atomic E-state index is 2.12. The van der Waals surface area contributed by atoms with E-state index in [0.29, 0.717) is 0 Å². The van der Waals surface area contributed by atoms with Crippen molar-refractivity contribution in [1.29, 1.82) is 0 Å². The minimum atomic E-state index is 0. The molecule has 0 spiro atoms. The first-order valence-corrected chi connectivity index (χ1v) is 3.63. The van der Waals surface area contributed by atoms with Crippen LogP contribution in [0.2, 0.25) is 0 Å². The van der Waals surface area contributed by atoms with Gasteiger partial charge >= 0.3 is 21.7 Å². The Balaban J connectivity index is -0.000000125. The van der Waals surface area contributed by atoms with Crippen molar-refractivity contribution in [3.63, 3.8) is 0 Å². The van der Waals surface area contributed by atoms with Crippen LogP contribution in [0.4, 0.5) is 0 Å². The average Bonchev–Trinajstić information content (AvgIpc) is 2.67. The van der Waals surface area contributed by atoms with Crippen molar-refractivity contribution < 1.29 is 32.7 Å². The van der Waals surface area contributed by atoms with E-state index in [2.05, 4.69) is 48.6 Å². The van der Waals surface area contributed by atoms with Gasteiger partial charge in [0, 0.05) is 0 Å². The SMILES string of the molecule is C1=CCC=C1.C1=CCC=C1.[O-2].[O-2].[Ti+4]. The van der Waals surface area contributed by atoms with Crippen LogP contribution < -0.4 is 0 Å². The monoisotopic (exact) mass is 212 g/mol. The summed E-state index contributed by atoms with van der Waals surface area (Å²) in [6.07, 6.45) is 19.0. The first-order chi connectivity index (χ1) is 5.00. The molecule has 0 aromatic heterocycles. The smallest absolute Gasteiger partial charge is 2.00 e. The first-order valence-electron chi connectivity index (χ1n) is 3.63. The van der Waals surface area contributed by atoms with E-state index in [-0.39, 0.29) is 32.7 Å². The normalized spacial score (nSPS) is 13.5. The van der Waals surface area contributed by atoms with E-state index in [1.807, 2.05) is 0 Å². The van der Waals surface area contributed by atoms with Gasteiger partial charge < -0.3 is 11.0 Å². The standard InChI is InChI=1S/2C5H6.2O.Ti/c2*1-2-4-5-3-1;;;/h2*1-4H,5H2;;;/q;;2*-2;+4. The molecule has 0 aromatic rings. The summed E-state index contributed by atoms with van der Waals surface area (Å²) in [5.74, 6) is 0. The summed E-state index contributed by atoms with van der Waals surface area (Å²) >= 11 is 0. The number of rotatable bonds is 0. The van der Waals surface area contributed by atoms with Crippen LogP contribution >= 0.6 is 0 Å². The van der Waals surface area contributed by atoms with Crippen molar-refractivity contribution in [2.45, 2.75) is 12.8 Å². The van der Waals surface area contributed by atoms with Gasteiger partial charge in [-0.2, -0.15) is 0 Å². The van der Waals surface area contributed by atoms with Gasteiger partial charge in [0.25, 0.3) is 0 Å². The molecular formula is C10H12O2Ti. The Kier molecular flexibility index (Phi) is 20.0. The molecule has 13 heavy (non-hydrogen) atoms. The van der Waals surface area contributed by atoms with Crippen molar-refractivity contribution >= 4 is 0 Å². The third kappa shape index (κ3) is 11.6. The molecule has 0 unspecified atom stereocenters. The molecule has 0 amide bonds. The fourth-order valence-corrected chi connectivity index (χ4v) is 0.786. The summed E-state index contributed by atoms with van der Waals surface area (Å²) in [6.45, 7) is 0. The quantitative estimate of drug-likeness (QED) is 0.554. The van der Waals surface area contributed by atoms with E-state index in [4.69, 9.17) is 0 Å². The van der Waals surface area contributed by atoms with Crippen LogP contribution in [-0.4, -0.2) is 0 Å². The summed E-state index contributed by atoms with van der Waals surface area (Å²) in [7, 11) is 0. The first kappa shape index (κ1) is 18.4. The van der Waals surface area contributed by atoms with Crippen LogP contribution in [0, 0.1) is 0 Å². The van der Waals surface area contributed by atoms with Gasteiger partial charge in [-0.3, -0.25) is 0 Å². The minimum Gasteiger partial charge on any atom is -2.00 e.